The quantitative estimate of drug-likeness (QED) is 0.448. The summed E-state index contributed by atoms with van der Waals surface area (Å²) in [5, 5.41) is 16.4. The molecule has 0 aliphatic carbocycles. The third-order valence-electron chi connectivity index (χ3n) is 3.09. The average molecular weight is 284 g/mol. The van der Waals surface area contributed by atoms with Gasteiger partial charge in [0.05, 0.1) is 0 Å². The molecule has 108 valence electrons. The first-order valence-corrected chi connectivity index (χ1v) is 6.43. The lowest BCUT2D eigenvalue weighted by molar-refractivity contribution is -0.122. The molecule has 0 saturated carbocycles. The second-order valence-corrected chi connectivity index (χ2v) is 4.53. The third kappa shape index (κ3) is 3.46. The second kappa shape index (κ2) is 6.67. The van der Waals surface area contributed by atoms with Crippen LogP contribution in [0.3, 0.4) is 0 Å². The fraction of sp³-hybridized carbons (Fsp3) is 0.125. The maximum Gasteiger partial charge on any atom is 0.293 e. The molecular weight excluding hydrogens is 268 g/mol. The van der Waals surface area contributed by atoms with Crippen LogP contribution in [0.1, 0.15) is 16.7 Å². The van der Waals surface area contributed by atoms with Crippen LogP contribution in [0.25, 0.3) is 0 Å². The number of hydrogen-bond donors (Lipinski definition) is 3. The molecule has 2 aromatic carbocycles. The zero-order chi connectivity index (χ0) is 15.2. The summed E-state index contributed by atoms with van der Waals surface area (Å²) in [6.45, 7) is 2.19. The molecule has 3 N–H and O–H groups in total. The highest BCUT2D eigenvalue weighted by Gasteiger charge is 2.15. The molecule has 5 heteroatoms. The summed E-state index contributed by atoms with van der Waals surface area (Å²) in [6, 6.07) is 14.6. The number of benzene rings is 2. The summed E-state index contributed by atoms with van der Waals surface area (Å²) >= 11 is 0. The fourth-order valence-electron chi connectivity index (χ4n) is 1.94. The van der Waals surface area contributed by atoms with Crippen LogP contribution in [-0.4, -0.2) is 16.8 Å². The maximum absolute atomic E-state index is 11.4. The van der Waals surface area contributed by atoms with Crippen LogP contribution in [-0.2, 0) is 11.4 Å². The molecule has 0 bridgehead atoms. The van der Waals surface area contributed by atoms with Gasteiger partial charge in [0.15, 0.2) is 0 Å². The number of carbonyl (C=O) groups is 1. The first kappa shape index (κ1) is 14.7. The van der Waals surface area contributed by atoms with Gasteiger partial charge < -0.3 is 4.74 Å². The molecule has 0 saturated heterocycles. The largest absolute Gasteiger partial charge is 0.489 e. The van der Waals surface area contributed by atoms with Crippen LogP contribution in [0, 0.1) is 12.3 Å². The molecule has 21 heavy (non-hydrogen) atoms. The van der Waals surface area contributed by atoms with Crippen LogP contribution in [0.2, 0.25) is 0 Å². The van der Waals surface area contributed by atoms with Gasteiger partial charge in [0.2, 0.25) is 0 Å². The topological polar surface area (TPSA) is 82.4 Å². The molecule has 0 unspecified atom stereocenters. The molecule has 2 aromatic rings. The second-order valence-electron chi connectivity index (χ2n) is 4.53. The highest BCUT2D eigenvalue weighted by Crippen LogP contribution is 2.19. The molecule has 5 nitrogen and oxygen atoms in total. The number of hydrogen-bond acceptors (Lipinski definition) is 4. The van der Waals surface area contributed by atoms with Crippen molar-refractivity contribution in [1.29, 1.82) is 5.41 Å². The average Bonchev–Trinajstić information content (AvgIpc) is 2.53. The van der Waals surface area contributed by atoms with Crippen molar-refractivity contribution in [3.05, 3.63) is 65.2 Å². The van der Waals surface area contributed by atoms with Crippen molar-refractivity contribution in [2.45, 2.75) is 13.5 Å². The summed E-state index contributed by atoms with van der Waals surface area (Å²) in [7, 11) is 0. The van der Waals surface area contributed by atoms with Gasteiger partial charge in [0.1, 0.15) is 18.1 Å². The molecule has 0 heterocycles. The minimum absolute atomic E-state index is 0.238. The SMILES string of the molecule is Cc1ccccc1OCc1ccccc1C(=N)C(=O)NO. The van der Waals surface area contributed by atoms with E-state index in [1.165, 1.54) is 5.48 Å². The number of nitrogens with one attached hydrogen (secondary N) is 2. The van der Waals surface area contributed by atoms with E-state index < -0.39 is 5.91 Å². The minimum Gasteiger partial charge on any atom is -0.489 e. The van der Waals surface area contributed by atoms with Crippen molar-refractivity contribution in [2.24, 2.45) is 0 Å². The Balaban J connectivity index is 2.19. The first-order valence-electron chi connectivity index (χ1n) is 6.43. The van der Waals surface area contributed by atoms with Crippen molar-refractivity contribution in [2.75, 3.05) is 0 Å². The third-order valence-corrected chi connectivity index (χ3v) is 3.09. The standard InChI is InChI=1S/C16H16N2O3/c1-11-6-2-5-9-14(11)21-10-12-7-3-4-8-13(12)15(17)16(19)18-20/h2-9,17,20H,10H2,1H3,(H,18,19). The number of rotatable bonds is 5. The maximum atomic E-state index is 11.4. The Hall–Kier alpha value is -2.66. The molecule has 0 atom stereocenters. The lowest BCUT2D eigenvalue weighted by Gasteiger charge is -2.12. The zero-order valence-electron chi connectivity index (χ0n) is 11.6. The summed E-state index contributed by atoms with van der Waals surface area (Å²) in [4.78, 5) is 11.4. The van der Waals surface area contributed by atoms with Crippen LogP contribution < -0.4 is 10.2 Å². The smallest absolute Gasteiger partial charge is 0.293 e. The van der Waals surface area contributed by atoms with Crippen molar-refractivity contribution in [3.63, 3.8) is 0 Å². The molecule has 0 aliphatic heterocycles. The van der Waals surface area contributed by atoms with Crippen LogP contribution in [0.15, 0.2) is 48.5 Å². The molecule has 0 radical (unpaired) electrons. The first-order chi connectivity index (χ1) is 10.1. The monoisotopic (exact) mass is 284 g/mol. The predicted octanol–water partition coefficient (Wildman–Crippen LogP) is 2.45. The van der Waals surface area contributed by atoms with Gasteiger partial charge in [-0.15, -0.1) is 0 Å². The van der Waals surface area contributed by atoms with E-state index in [9.17, 15) is 4.79 Å². The van der Waals surface area contributed by atoms with Gasteiger partial charge >= 0.3 is 0 Å². The van der Waals surface area contributed by atoms with Crippen LogP contribution in [0.4, 0.5) is 0 Å². The number of amides is 1. The van der Waals surface area contributed by atoms with Crippen LogP contribution in [0.5, 0.6) is 5.75 Å². The van der Waals surface area contributed by atoms with Crippen LogP contribution >= 0.6 is 0 Å². The molecule has 0 aliphatic rings. The lowest BCUT2D eigenvalue weighted by atomic mass is 10.0. The number of ether oxygens (including phenoxy) is 1. The Bertz CT molecular complexity index is 668. The minimum atomic E-state index is -0.849. The highest BCUT2D eigenvalue weighted by atomic mass is 16.5. The number of aryl methyl sites for hydroxylation is 1. The van der Waals surface area contributed by atoms with Gasteiger partial charge in [-0.25, -0.2) is 5.48 Å². The van der Waals surface area contributed by atoms with Gasteiger partial charge in [-0.3, -0.25) is 15.4 Å². The van der Waals surface area contributed by atoms with E-state index in [1.807, 2.05) is 37.3 Å². The van der Waals surface area contributed by atoms with E-state index >= 15 is 0 Å². The van der Waals surface area contributed by atoms with E-state index in [2.05, 4.69) is 0 Å². The molecule has 1 amide bonds. The molecule has 0 spiro atoms. The molecule has 0 fully saturated rings. The van der Waals surface area contributed by atoms with Gasteiger partial charge in [-0.05, 0) is 24.1 Å². The van der Waals surface area contributed by atoms with E-state index in [1.54, 1.807) is 18.2 Å². The van der Waals surface area contributed by atoms with Crippen molar-refractivity contribution in [1.82, 2.24) is 5.48 Å². The number of carbonyl (C=O) groups excluding carboxylic acids is 1. The van der Waals surface area contributed by atoms with E-state index in [0.29, 0.717) is 11.1 Å². The highest BCUT2D eigenvalue weighted by molar-refractivity contribution is 6.44. The lowest BCUT2D eigenvalue weighted by Crippen LogP contribution is -2.29. The number of hydroxylamine groups is 1. The predicted molar refractivity (Wildman–Crippen MR) is 78.7 cm³/mol. The van der Waals surface area contributed by atoms with Crippen molar-refractivity contribution >= 4 is 11.6 Å². The van der Waals surface area contributed by atoms with Gasteiger partial charge in [0, 0.05) is 5.56 Å². The number of para-hydroxylation sites is 1. The summed E-state index contributed by atoms with van der Waals surface area (Å²) in [5.74, 6) is -0.0937. The normalized spacial score (nSPS) is 10.0. The molecular formula is C16H16N2O3. The Kier molecular flexibility index (Phi) is 4.68. The Labute approximate surface area is 122 Å². The van der Waals surface area contributed by atoms with E-state index in [4.69, 9.17) is 15.4 Å². The molecule has 2 rings (SSSR count). The van der Waals surface area contributed by atoms with Gasteiger partial charge in [0.25, 0.3) is 5.91 Å². The summed E-state index contributed by atoms with van der Waals surface area (Å²) in [6.07, 6.45) is 0. The Morgan fingerprint density at radius 2 is 1.86 bits per heavy atom. The summed E-state index contributed by atoms with van der Waals surface area (Å²) < 4.78 is 5.74. The van der Waals surface area contributed by atoms with Gasteiger partial charge in [-0.1, -0.05) is 42.5 Å². The molecule has 0 aromatic heterocycles. The van der Waals surface area contributed by atoms with Crippen molar-refractivity contribution in [3.8, 4) is 5.75 Å². The van der Waals surface area contributed by atoms with Gasteiger partial charge in [-0.2, -0.15) is 0 Å². The zero-order valence-corrected chi connectivity index (χ0v) is 11.6. The Morgan fingerprint density at radius 3 is 2.57 bits per heavy atom. The Morgan fingerprint density at radius 1 is 1.19 bits per heavy atom. The fourth-order valence-corrected chi connectivity index (χ4v) is 1.94. The summed E-state index contributed by atoms with van der Waals surface area (Å²) in [5.41, 5.74) is 3.31. The van der Waals surface area contributed by atoms with E-state index in [0.717, 1.165) is 11.3 Å². The van der Waals surface area contributed by atoms with Crippen molar-refractivity contribution < 1.29 is 14.7 Å². The van der Waals surface area contributed by atoms with E-state index in [-0.39, 0.29) is 12.3 Å².